The number of rotatable bonds is 12. The molecule has 4 aliphatic carbocycles. The summed E-state index contributed by atoms with van der Waals surface area (Å²) < 4.78 is 32.6. The van der Waals surface area contributed by atoms with Gasteiger partial charge in [0.05, 0.1) is 13.2 Å². The van der Waals surface area contributed by atoms with Gasteiger partial charge in [0.25, 0.3) is 0 Å². The second kappa shape index (κ2) is 17.2. The van der Waals surface area contributed by atoms with E-state index >= 15 is 0 Å². The number of hydrogen-bond donors (Lipinski definition) is 12. The highest BCUT2D eigenvalue weighted by atomic mass is 16.7. The van der Waals surface area contributed by atoms with Gasteiger partial charge in [0.1, 0.15) is 62.0 Å². The Labute approximate surface area is 349 Å². The minimum atomic E-state index is -3.08. The number of phenolic OH excluding ortho intramolecular Hbond substituents is 2. The van der Waals surface area contributed by atoms with Gasteiger partial charge in [0, 0.05) is 28.9 Å². The minimum absolute atomic E-state index is 0.102. The smallest absolute Gasteiger partial charge is 0.347 e. The lowest BCUT2D eigenvalue weighted by atomic mass is 9.49. The van der Waals surface area contributed by atoms with E-state index in [9.17, 15) is 80.5 Å². The Kier molecular flexibility index (Phi) is 12.5. The third-order valence-electron chi connectivity index (χ3n) is 11.9. The van der Waals surface area contributed by atoms with Crippen molar-refractivity contribution in [3.63, 3.8) is 0 Å². The van der Waals surface area contributed by atoms with Crippen molar-refractivity contribution < 1.29 is 109 Å². The van der Waals surface area contributed by atoms with Crippen molar-refractivity contribution in [3.8, 4) is 23.0 Å². The monoisotopic (exact) mass is 876 g/mol. The van der Waals surface area contributed by atoms with E-state index in [4.69, 9.17) is 28.4 Å². The normalized spacial score (nSPS) is 38.6. The molecule has 0 aromatic heterocycles. The molecule has 2 bridgehead atoms. The van der Waals surface area contributed by atoms with Gasteiger partial charge in [-0.2, -0.15) is 0 Å². The highest BCUT2D eigenvalue weighted by Gasteiger charge is 2.71. The van der Waals surface area contributed by atoms with Gasteiger partial charge >= 0.3 is 11.9 Å². The van der Waals surface area contributed by atoms with E-state index < -0.39 is 169 Å². The molecule has 0 spiro atoms. The number of aliphatic hydroxyl groups is 10. The number of carbonyl (C=O) groups is 4. The summed E-state index contributed by atoms with van der Waals surface area (Å²) in [5, 5.41) is 125. The van der Waals surface area contributed by atoms with Gasteiger partial charge in [-0.15, -0.1) is 0 Å². The fraction of sp³-hybridized carbons (Fsp3) is 0.500. The fourth-order valence-corrected chi connectivity index (χ4v) is 8.49. The zero-order valence-electron chi connectivity index (χ0n) is 32.1. The van der Waals surface area contributed by atoms with Crippen LogP contribution in [0.2, 0.25) is 0 Å². The maximum atomic E-state index is 14.0. The number of carbonyl (C=O) groups excluding carboxylic acids is 4. The highest BCUT2D eigenvalue weighted by molar-refractivity contribution is 6.16. The Balaban J connectivity index is 1.07. The number of esters is 2. The molecule has 8 rings (SSSR count). The number of aliphatic hydroxyl groups excluding tert-OH is 8. The maximum absolute atomic E-state index is 14.0. The van der Waals surface area contributed by atoms with Crippen LogP contribution in [0.1, 0.15) is 11.1 Å². The lowest BCUT2D eigenvalue weighted by Crippen LogP contribution is -2.71. The molecule has 0 unspecified atom stereocenters. The van der Waals surface area contributed by atoms with Crippen LogP contribution in [0.3, 0.4) is 0 Å². The molecule has 2 heterocycles. The molecule has 12 N–H and O–H groups in total. The van der Waals surface area contributed by atoms with Crippen LogP contribution in [0.5, 0.6) is 23.0 Å². The van der Waals surface area contributed by atoms with Crippen LogP contribution < -0.4 is 9.47 Å². The van der Waals surface area contributed by atoms with Crippen LogP contribution in [-0.2, 0) is 51.3 Å². The number of phenols is 2. The summed E-state index contributed by atoms with van der Waals surface area (Å²) in [4.78, 5) is 55.0. The number of ketones is 2. The van der Waals surface area contributed by atoms with Gasteiger partial charge in [0.2, 0.25) is 23.8 Å². The lowest BCUT2D eigenvalue weighted by Gasteiger charge is -2.54. The number of Topliss-reactive ketones (excluding diaryl/α,β-unsaturated/α-hetero) is 1. The molecule has 336 valence electrons. The van der Waals surface area contributed by atoms with Crippen molar-refractivity contribution in [1.82, 2.24) is 0 Å². The van der Waals surface area contributed by atoms with Crippen LogP contribution in [0.25, 0.3) is 0 Å². The first kappa shape index (κ1) is 45.0. The van der Waals surface area contributed by atoms with Gasteiger partial charge in [-0.3, -0.25) is 9.59 Å². The molecule has 2 aromatic rings. The number of aromatic hydroxyl groups is 2. The predicted octanol–water partition coefficient (Wildman–Crippen LogP) is -4.54. The highest BCUT2D eigenvalue weighted by Crippen LogP contribution is 2.55. The zero-order chi connectivity index (χ0) is 45.0. The third-order valence-corrected chi connectivity index (χ3v) is 11.9. The summed E-state index contributed by atoms with van der Waals surface area (Å²) in [5.74, 6) is -13.6. The second-order valence-corrected chi connectivity index (χ2v) is 15.5. The summed E-state index contributed by atoms with van der Waals surface area (Å²) in [6, 6.07) is 7.48. The van der Waals surface area contributed by atoms with Crippen molar-refractivity contribution >= 4 is 23.5 Å². The second-order valence-electron chi connectivity index (χ2n) is 15.5. The van der Waals surface area contributed by atoms with E-state index in [1.807, 2.05) is 0 Å². The first-order valence-electron chi connectivity index (χ1n) is 19.2. The van der Waals surface area contributed by atoms with Crippen LogP contribution in [0, 0.1) is 23.7 Å². The van der Waals surface area contributed by atoms with Crippen LogP contribution >= 0.6 is 0 Å². The van der Waals surface area contributed by atoms with Crippen molar-refractivity contribution in [2.24, 2.45) is 23.7 Å². The standard InChI is InChI=1S/C40H44O22/c41-11-22-26(46)28(48)30(50)35(59-22)61-32-15(3-1-5-20(32)43)13-57-37(53)39(55)19-9-7-18(34(39)52)25-17(19)8-10-24(45)40(25,56)38(54)58-14-16-4-2-6-21(44)33(16)62-36-31(51)29(49)27(47)23(12-42)60-36/h1-10,17-19,22-23,25-31,35-36,41-44,46-51,55-56H,11-14H2/t17-,18-,19-,22+,23+,25-,26+,27+,28-,29-,30+,31+,35-,36-,39+,40-/m0/s1. The molecule has 0 radical (unpaired) electrons. The molecular formula is C40H44O22. The number of benzene rings is 2. The maximum Gasteiger partial charge on any atom is 0.347 e. The summed E-state index contributed by atoms with van der Waals surface area (Å²) in [6.07, 6.45) is -12.6. The Bertz CT molecular complexity index is 2120. The topological polar surface area (TPSA) is 366 Å². The first-order chi connectivity index (χ1) is 29.4. The SMILES string of the molecule is O=C1C=C[C@@H]2[C@@H]([C@@H]3C=C[C@@H]2[C@](O)(C(=O)OCc2cccc(O)c2O[C@@H]2O[C@H](CO)[C@@H](O)[C@H](O)[C@H]2O)C3=O)[C@]1(O)C(=O)OCc1cccc(O)c1O[C@@H]1O[C@H](CO)[C@@H](O)[C@H](O)[C@H]1O. The molecule has 2 aromatic carbocycles. The number of fused-ring (bicyclic) bond motifs is 1. The number of para-hydroxylation sites is 2. The Morgan fingerprint density at radius 2 is 1.10 bits per heavy atom. The predicted molar refractivity (Wildman–Crippen MR) is 197 cm³/mol. The molecule has 0 amide bonds. The third kappa shape index (κ3) is 7.40. The van der Waals surface area contributed by atoms with Gasteiger partial charge in [0.15, 0.2) is 34.6 Å². The molecule has 22 heteroatoms. The molecule has 22 nitrogen and oxygen atoms in total. The van der Waals surface area contributed by atoms with Gasteiger partial charge in [-0.25, -0.2) is 9.59 Å². The molecule has 2 saturated heterocycles. The summed E-state index contributed by atoms with van der Waals surface area (Å²) >= 11 is 0. The average molecular weight is 877 g/mol. The molecule has 2 aliphatic heterocycles. The van der Waals surface area contributed by atoms with Crippen LogP contribution in [0.4, 0.5) is 0 Å². The quantitative estimate of drug-likeness (QED) is 0.0543. The summed E-state index contributed by atoms with van der Waals surface area (Å²) in [6.45, 7) is -3.17. The van der Waals surface area contributed by atoms with E-state index in [1.54, 1.807) is 0 Å². The summed E-state index contributed by atoms with van der Waals surface area (Å²) in [5.41, 5.74) is -6.26. The first-order valence-corrected chi connectivity index (χ1v) is 19.2. The summed E-state index contributed by atoms with van der Waals surface area (Å²) in [7, 11) is 0. The van der Waals surface area contributed by atoms with E-state index in [0.717, 1.165) is 18.2 Å². The molecule has 62 heavy (non-hydrogen) atoms. The molecule has 3 fully saturated rings. The van der Waals surface area contributed by atoms with E-state index in [2.05, 4.69) is 0 Å². The lowest BCUT2D eigenvalue weighted by molar-refractivity contribution is -0.277. The number of allylic oxidation sites excluding steroid dienone is 2. The number of hydrogen-bond acceptors (Lipinski definition) is 22. The fourth-order valence-electron chi connectivity index (χ4n) is 8.49. The van der Waals surface area contributed by atoms with Gasteiger partial charge in [-0.1, -0.05) is 42.5 Å². The van der Waals surface area contributed by atoms with Crippen LogP contribution in [-0.4, -0.2) is 171 Å². The average Bonchev–Trinajstić information content (AvgIpc) is 3.26. The van der Waals surface area contributed by atoms with Crippen LogP contribution in [0.15, 0.2) is 60.7 Å². The van der Waals surface area contributed by atoms with Gasteiger partial charge in [-0.05, 0) is 24.1 Å². The van der Waals surface area contributed by atoms with Crippen molar-refractivity contribution in [3.05, 3.63) is 71.8 Å². The van der Waals surface area contributed by atoms with Crippen molar-refractivity contribution in [2.45, 2.75) is 85.8 Å². The van der Waals surface area contributed by atoms with Gasteiger partial charge < -0.3 is 89.7 Å². The van der Waals surface area contributed by atoms with E-state index in [-0.39, 0.29) is 11.1 Å². The Morgan fingerprint density at radius 3 is 1.56 bits per heavy atom. The Morgan fingerprint density at radius 1 is 0.629 bits per heavy atom. The molecular weight excluding hydrogens is 832 g/mol. The van der Waals surface area contributed by atoms with Crippen molar-refractivity contribution in [2.75, 3.05) is 13.2 Å². The molecule has 1 saturated carbocycles. The number of ether oxygens (including phenoxy) is 6. The largest absolute Gasteiger partial charge is 0.504 e. The minimum Gasteiger partial charge on any atom is -0.504 e. The van der Waals surface area contributed by atoms with E-state index in [1.165, 1.54) is 42.5 Å². The zero-order valence-corrected chi connectivity index (χ0v) is 32.1. The molecule has 16 atom stereocenters. The van der Waals surface area contributed by atoms with E-state index in [0.29, 0.717) is 0 Å². The molecule has 6 aliphatic rings. The Hall–Kier alpha value is -5.08. The van der Waals surface area contributed by atoms with Crippen molar-refractivity contribution in [1.29, 1.82) is 0 Å².